The number of aromatic nitrogens is 3. The Morgan fingerprint density at radius 1 is 1.09 bits per heavy atom. The number of amides is 1. The van der Waals surface area contributed by atoms with Crippen LogP contribution in [0.15, 0.2) is 72.9 Å². The molecule has 6 rings (SSSR count). The number of hydrogen-bond acceptors (Lipinski definition) is 5. The Labute approximate surface area is 207 Å². The summed E-state index contributed by atoms with van der Waals surface area (Å²) < 4.78 is 2.05. The molecule has 5 aromatic rings. The first kappa shape index (κ1) is 21.4. The quantitative estimate of drug-likeness (QED) is 0.286. The number of anilines is 2. The Hall–Kier alpha value is -4.10. The number of nitrogen functional groups attached to an aromatic ring is 1. The minimum atomic E-state index is -0.139. The van der Waals surface area contributed by atoms with E-state index in [4.69, 9.17) is 27.3 Å². The van der Waals surface area contributed by atoms with Gasteiger partial charge in [0.2, 0.25) is 0 Å². The van der Waals surface area contributed by atoms with Crippen molar-refractivity contribution in [3.05, 3.63) is 89.1 Å². The lowest BCUT2D eigenvalue weighted by Crippen LogP contribution is -2.25. The van der Waals surface area contributed by atoms with E-state index in [-0.39, 0.29) is 11.9 Å². The zero-order valence-corrected chi connectivity index (χ0v) is 19.6. The highest BCUT2D eigenvalue weighted by Gasteiger charge is 2.25. The van der Waals surface area contributed by atoms with Gasteiger partial charge >= 0.3 is 0 Å². The molecule has 3 aromatic carbocycles. The number of rotatable bonds is 6. The summed E-state index contributed by atoms with van der Waals surface area (Å²) in [6.45, 7) is 0.607. The Bertz CT molecular complexity index is 1580. The zero-order valence-electron chi connectivity index (χ0n) is 18.8. The molecule has 0 aliphatic heterocycles. The lowest BCUT2D eigenvalue weighted by molar-refractivity contribution is 0.0951. The molecule has 0 radical (unpaired) electrons. The van der Waals surface area contributed by atoms with Gasteiger partial charge in [-0.3, -0.25) is 9.20 Å². The van der Waals surface area contributed by atoms with Crippen LogP contribution >= 0.6 is 11.6 Å². The van der Waals surface area contributed by atoms with Crippen LogP contribution in [-0.4, -0.2) is 26.3 Å². The minimum absolute atomic E-state index is 0.139. The van der Waals surface area contributed by atoms with Crippen LogP contribution in [0.4, 0.5) is 11.5 Å². The smallest absolute Gasteiger partial charge is 0.253 e. The molecule has 1 aliphatic carbocycles. The molecule has 0 bridgehead atoms. The number of hydrogen-bond donors (Lipinski definition) is 3. The van der Waals surface area contributed by atoms with Crippen LogP contribution in [0.5, 0.6) is 0 Å². The van der Waals surface area contributed by atoms with E-state index in [0.717, 1.165) is 40.7 Å². The second-order valence-corrected chi connectivity index (χ2v) is 9.20. The summed E-state index contributed by atoms with van der Waals surface area (Å²) in [7, 11) is 0. The fourth-order valence-corrected chi connectivity index (χ4v) is 4.47. The average Bonchev–Trinajstić information content (AvgIpc) is 3.56. The highest BCUT2D eigenvalue weighted by Crippen LogP contribution is 2.32. The molecular formula is C27H23ClN6O. The number of carbonyl (C=O) groups is 1. The minimum Gasteiger partial charge on any atom is -0.399 e. The molecule has 2 heterocycles. The predicted molar refractivity (Wildman–Crippen MR) is 140 cm³/mol. The Morgan fingerprint density at radius 3 is 2.69 bits per heavy atom. The molecule has 8 heteroatoms. The molecule has 1 saturated carbocycles. The summed E-state index contributed by atoms with van der Waals surface area (Å²) in [5, 5.41) is 6.82. The Kier molecular flexibility index (Phi) is 5.26. The maximum atomic E-state index is 12.5. The van der Waals surface area contributed by atoms with Crippen molar-refractivity contribution < 1.29 is 4.79 Å². The molecule has 0 unspecified atom stereocenters. The molecule has 4 N–H and O–H groups in total. The first-order chi connectivity index (χ1) is 17.1. The molecule has 1 fully saturated rings. The number of nitrogens with zero attached hydrogens (tertiary/aromatic N) is 3. The lowest BCUT2D eigenvalue weighted by atomic mass is 10.1. The van der Waals surface area contributed by atoms with Gasteiger partial charge in [-0.1, -0.05) is 48.0 Å². The van der Waals surface area contributed by atoms with Crippen LogP contribution in [0.3, 0.4) is 0 Å². The van der Waals surface area contributed by atoms with Crippen LogP contribution in [0.25, 0.3) is 27.9 Å². The maximum Gasteiger partial charge on any atom is 0.253 e. The van der Waals surface area contributed by atoms with Crippen molar-refractivity contribution in [1.29, 1.82) is 0 Å². The van der Waals surface area contributed by atoms with Gasteiger partial charge in [0.25, 0.3) is 5.91 Å². The second kappa shape index (κ2) is 8.60. The number of nitrogens with one attached hydrogen (secondary N) is 2. The molecule has 1 aliphatic rings. The standard InChI is InChI=1S/C27H23ClN6O/c28-21-12-17(6-10-20(21)27(35)32-19-8-9-19)24-15-31-26-25(30-14-16-4-2-1-3-5-16)33-22-13-18(29)7-11-23(22)34(24)26/h1-7,10-13,15,19H,8-9,14,29H2,(H,30,33)(H,32,35). The van der Waals surface area contributed by atoms with E-state index in [1.165, 1.54) is 0 Å². The molecule has 7 nitrogen and oxygen atoms in total. The van der Waals surface area contributed by atoms with Gasteiger partial charge in [0.05, 0.1) is 33.5 Å². The molecular weight excluding hydrogens is 460 g/mol. The fourth-order valence-electron chi connectivity index (χ4n) is 4.21. The summed E-state index contributed by atoms with van der Waals surface area (Å²) in [5.74, 6) is 0.518. The highest BCUT2D eigenvalue weighted by molar-refractivity contribution is 6.34. The van der Waals surface area contributed by atoms with Crippen LogP contribution in [0, 0.1) is 0 Å². The van der Waals surface area contributed by atoms with Gasteiger partial charge < -0.3 is 16.4 Å². The van der Waals surface area contributed by atoms with Gasteiger partial charge in [-0.25, -0.2) is 9.97 Å². The van der Waals surface area contributed by atoms with Crippen molar-refractivity contribution in [3.8, 4) is 11.3 Å². The van der Waals surface area contributed by atoms with Gasteiger partial charge in [-0.2, -0.15) is 0 Å². The first-order valence-electron chi connectivity index (χ1n) is 11.5. The summed E-state index contributed by atoms with van der Waals surface area (Å²) >= 11 is 6.55. The molecule has 0 spiro atoms. The van der Waals surface area contributed by atoms with Gasteiger partial charge in [0.15, 0.2) is 11.5 Å². The average molecular weight is 483 g/mol. The summed E-state index contributed by atoms with van der Waals surface area (Å²) in [5.41, 5.74) is 12.3. The predicted octanol–water partition coefficient (Wildman–Crippen LogP) is 5.29. The van der Waals surface area contributed by atoms with Gasteiger partial charge in [-0.05, 0) is 48.7 Å². The van der Waals surface area contributed by atoms with Crippen LogP contribution in [0.2, 0.25) is 5.02 Å². The van der Waals surface area contributed by atoms with Crippen molar-refractivity contribution in [2.45, 2.75) is 25.4 Å². The molecule has 0 saturated heterocycles. The van der Waals surface area contributed by atoms with Crippen LogP contribution in [0.1, 0.15) is 28.8 Å². The fraction of sp³-hybridized carbons (Fsp3) is 0.148. The lowest BCUT2D eigenvalue weighted by Gasteiger charge is -2.13. The molecule has 174 valence electrons. The van der Waals surface area contributed by atoms with Gasteiger partial charge in [0.1, 0.15) is 0 Å². The zero-order chi connectivity index (χ0) is 23.9. The molecule has 0 atom stereocenters. The summed E-state index contributed by atoms with van der Waals surface area (Å²) in [6, 6.07) is 21.5. The Balaban J connectivity index is 1.44. The summed E-state index contributed by atoms with van der Waals surface area (Å²) in [6.07, 6.45) is 3.85. The highest BCUT2D eigenvalue weighted by atomic mass is 35.5. The largest absolute Gasteiger partial charge is 0.399 e. The SMILES string of the molecule is Nc1ccc2c(c1)nc(NCc1ccccc1)c1ncc(-c3ccc(C(=O)NC4CC4)c(Cl)c3)n12. The monoisotopic (exact) mass is 482 g/mol. The third-order valence-electron chi connectivity index (χ3n) is 6.17. The number of carbonyl (C=O) groups excluding carboxylic acids is 1. The van der Waals surface area contributed by atoms with Crippen molar-refractivity contribution in [2.75, 3.05) is 11.1 Å². The second-order valence-electron chi connectivity index (χ2n) is 8.79. The van der Waals surface area contributed by atoms with E-state index in [1.54, 1.807) is 12.3 Å². The molecule has 1 amide bonds. The van der Waals surface area contributed by atoms with Crippen LogP contribution in [-0.2, 0) is 6.54 Å². The van der Waals surface area contributed by atoms with E-state index in [2.05, 4.69) is 22.8 Å². The normalized spacial score (nSPS) is 13.3. The van der Waals surface area contributed by atoms with Crippen LogP contribution < -0.4 is 16.4 Å². The molecule has 2 aromatic heterocycles. The molecule has 35 heavy (non-hydrogen) atoms. The van der Waals surface area contributed by atoms with E-state index in [0.29, 0.717) is 34.3 Å². The maximum absolute atomic E-state index is 12.5. The van der Waals surface area contributed by atoms with Gasteiger partial charge in [-0.15, -0.1) is 0 Å². The van der Waals surface area contributed by atoms with E-state index >= 15 is 0 Å². The van der Waals surface area contributed by atoms with Crippen molar-refractivity contribution in [3.63, 3.8) is 0 Å². The summed E-state index contributed by atoms with van der Waals surface area (Å²) in [4.78, 5) is 22.0. The van der Waals surface area contributed by atoms with Crippen molar-refractivity contribution in [1.82, 2.24) is 19.7 Å². The van der Waals surface area contributed by atoms with E-state index in [1.807, 2.05) is 52.9 Å². The number of imidazole rings is 1. The third-order valence-corrected chi connectivity index (χ3v) is 6.48. The third kappa shape index (κ3) is 4.15. The Morgan fingerprint density at radius 2 is 1.91 bits per heavy atom. The number of halogens is 1. The topological polar surface area (TPSA) is 97.3 Å². The van der Waals surface area contributed by atoms with E-state index in [9.17, 15) is 4.79 Å². The van der Waals surface area contributed by atoms with Crippen molar-refractivity contribution in [2.24, 2.45) is 0 Å². The van der Waals surface area contributed by atoms with Gasteiger partial charge in [0, 0.05) is 23.8 Å². The number of fused-ring (bicyclic) bond motifs is 3. The number of benzene rings is 3. The van der Waals surface area contributed by atoms with Crippen molar-refractivity contribution >= 4 is 45.7 Å². The first-order valence-corrected chi connectivity index (χ1v) is 11.9. The van der Waals surface area contributed by atoms with E-state index < -0.39 is 0 Å². The number of nitrogens with two attached hydrogens (primary N) is 1.